The highest BCUT2D eigenvalue weighted by molar-refractivity contribution is 5.81. The molecule has 2 aliphatic carbocycles. The molecule has 2 fully saturated rings. The number of rotatable bonds is 3. The third kappa shape index (κ3) is 3.71. The summed E-state index contributed by atoms with van der Waals surface area (Å²) in [5.41, 5.74) is 0.406. The summed E-state index contributed by atoms with van der Waals surface area (Å²) in [6.45, 7) is 4.55. The molecule has 0 aromatic heterocycles. The van der Waals surface area contributed by atoms with E-state index in [9.17, 15) is 9.59 Å². The van der Waals surface area contributed by atoms with Gasteiger partial charge in [0.15, 0.2) is 0 Å². The molecule has 4 heteroatoms. The molecule has 0 aromatic carbocycles. The van der Waals surface area contributed by atoms with Gasteiger partial charge in [-0.25, -0.2) is 0 Å². The van der Waals surface area contributed by atoms with Gasteiger partial charge >= 0.3 is 5.97 Å². The Kier molecular flexibility index (Phi) is 4.16. The second kappa shape index (κ2) is 5.51. The lowest BCUT2D eigenvalue weighted by atomic mass is 9.75. The van der Waals surface area contributed by atoms with Gasteiger partial charge in [-0.2, -0.15) is 0 Å². The van der Waals surface area contributed by atoms with E-state index in [0.717, 1.165) is 32.1 Å². The molecule has 0 saturated heterocycles. The molecule has 2 aliphatic rings. The molecule has 2 atom stereocenters. The van der Waals surface area contributed by atoms with Crippen molar-refractivity contribution in [2.45, 2.75) is 64.8 Å². The van der Waals surface area contributed by atoms with Crippen LogP contribution in [0.3, 0.4) is 0 Å². The Morgan fingerprint density at radius 1 is 1.05 bits per heavy atom. The Labute approximate surface area is 115 Å². The van der Waals surface area contributed by atoms with E-state index in [1.807, 2.05) is 0 Å². The van der Waals surface area contributed by atoms with Gasteiger partial charge in [0, 0.05) is 12.0 Å². The van der Waals surface area contributed by atoms with Crippen LogP contribution >= 0.6 is 0 Å². The number of hydrogen-bond acceptors (Lipinski definition) is 2. The first-order chi connectivity index (χ1) is 8.87. The summed E-state index contributed by atoms with van der Waals surface area (Å²) in [5, 5.41) is 12.1. The van der Waals surface area contributed by atoms with Crippen molar-refractivity contribution >= 4 is 11.9 Å². The minimum Gasteiger partial charge on any atom is -0.481 e. The summed E-state index contributed by atoms with van der Waals surface area (Å²) in [6, 6.07) is 0.296. The standard InChI is InChI=1S/C15H25NO3/c1-15(2)7-5-12(6-8-15)16-13(17)10-3-4-11(9-10)14(18)19/h10-12H,3-9H2,1-2H3,(H,16,17)(H,18,19)/t10-,11+/m1/s1. The van der Waals surface area contributed by atoms with E-state index in [2.05, 4.69) is 19.2 Å². The van der Waals surface area contributed by atoms with E-state index in [1.54, 1.807) is 0 Å². The molecular formula is C15H25NO3. The fourth-order valence-electron chi connectivity index (χ4n) is 3.31. The normalized spacial score (nSPS) is 31.1. The van der Waals surface area contributed by atoms with Gasteiger partial charge in [-0.1, -0.05) is 13.8 Å². The Morgan fingerprint density at radius 2 is 1.63 bits per heavy atom. The first-order valence-corrected chi connectivity index (χ1v) is 7.40. The summed E-state index contributed by atoms with van der Waals surface area (Å²) >= 11 is 0. The third-order valence-corrected chi connectivity index (χ3v) is 4.84. The maximum Gasteiger partial charge on any atom is 0.306 e. The van der Waals surface area contributed by atoms with E-state index in [-0.39, 0.29) is 17.7 Å². The number of carboxylic acids is 1. The molecule has 2 rings (SSSR count). The first-order valence-electron chi connectivity index (χ1n) is 7.40. The van der Waals surface area contributed by atoms with Gasteiger partial charge in [-0.3, -0.25) is 9.59 Å². The van der Waals surface area contributed by atoms with Crippen LogP contribution in [-0.2, 0) is 9.59 Å². The minimum absolute atomic E-state index is 0.0773. The van der Waals surface area contributed by atoms with Crippen LogP contribution in [0.25, 0.3) is 0 Å². The van der Waals surface area contributed by atoms with Crippen molar-refractivity contribution in [2.75, 3.05) is 0 Å². The third-order valence-electron chi connectivity index (χ3n) is 4.84. The average molecular weight is 267 g/mol. The molecule has 2 N–H and O–H groups in total. The van der Waals surface area contributed by atoms with Gasteiger partial charge in [-0.05, 0) is 50.4 Å². The van der Waals surface area contributed by atoms with Crippen LogP contribution in [0.4, 0.5) is 0 Å². The lowest BCUT2D eigenvalue weighted by Crippen LogP contribution is -2.41. The van der Waals surface area contributed by atoms with Crippen LogP contribution in [0.2, 0.25) is 0 Å². The second-order valence-electron chi connectivity index (χ2n) is 6.99. The number of carboxylic acid groups (broad SMARTS) is 1. The molecule has 4 nitrogen and oxygen atoms in total. The quantitative estimate of drug-likeness (QED) is 0.826. The zero-order chi connectivity index (χ0) is 14.0. The number of nitrogens with one attached hydrogen (secondary N) is 1. The second-order valence-corrected chi connectivity index (χ2v) is 6.99. The van der Waals surface area contributed by atoms with Gasteiger partial charge in [0.05, 0.1) is 5.92 Å². The number of aliphatic carboxylic acids is 1. The topological polar surface area (TPSA) is 66.4 Å². The Bertz CT molecular complexity index is 354. The lowest BCUT2D eigenvalue weighted by molar-refractivity contribution is -0.141. The van der Waals surface area contributed by atoms with E-state index in [1.165, 1.54) is 0 Å². The molecule has 0 radical (unpaired) electrons. The summed E-state index contributed by atoms with van der Waals surface area (Å²) in [7, 11) is 0. The lowest BCUT2D eigenvalue weighted by Gasteiger charge is -2.35. The molecule has 19 heavy (non-hydrogen) atoms. The first kappa shape index (κ1) is 14.4. The minimum atomic E-state index is -0.755. The SMILES string of the molecule is CC1(C)CCC(NC(=O)[C@@H]2CC[C@H](C(=O)O)C2)CC1. The van der Waals surface area contributed by atoms with Gasteiger partial charge in [0.1, 0.15) is 0 Å². The van der Waals surface area contributed by atoms with Crippen molar-refractivity contribution in [1.82, 2.24) is 5.32 Å². The van der Waals surface area contributed by atoms with E-state index in [4.69, 9.17) is 5.11 Å². The Morgan fingerprint density at radius 3 is 2.16 bits per heavy atom. The monoisotopic (exact) mass is 267 g/mol. The van der Waals surface area contributed by atoms with Gasteiger partial charge in [0.2, 0.25) is 5.91 Å². The van der Waals surface area contributed by atoms with Gasteiger partial charge < -0.3 is 10.4 Å². The molecule has 1 amide bonds. The van der Waals surface area contributed by atoms with E-state index in [0.29, 0.717) is 24.3 Å². The summed E-state index contributed by atoms with van der Waals surface area (Å²) < 4.78 is 0. The largest absolute Gasteiger partial charge is 0.481 e. The highest BCUT2D eigenvalue weighted by Gasteiger charge is 2.35. The zero-order valence-corrected chi connectivity index (χ0v) is 11.9. The number of carbonyl (C=O) groups is 2. The van der Waals surface area contributed by atoms with E-state index >= 15 is 0 Å². The molecule has 0 aromatic rings. The van der Waals surface area contributed by atoms with Gasteiger partial charge in [-0.15, -0.1) is 0 Å². The predicted octanol–water partition coefficient (Wildman–Crippen LogP) is 2.57. The van der Waals surface area contributed by atoms with Crippen LogP contribution in [-0.4, -0.2) is 23.0 Å². The van der Waals surface area contributed by atoms with Crippen molar-refractivity contribution < 1.29 is 14.7 Å². The van der Waals surface area contributed by atoms with E-state index < -0.39 is 5.97 Å². The number of hydrogen-bond donors (Lipinski definition) is 2. The highest BCUT2D eigenvalue weighted by Crippen LogP contribution is 2.36. The van der Waals surface area contributed by atoms with Crippen LogP contribution in [0, 0.1) is 17.3 Å². The summed E-state index contributed by atoms with van der Waals surface area (Å²) in [5.74, 6) is -1.08. The maximum absolute atomic E-state index is 12.1. The van der Waals surface area contributed by atoms with Crippen LogP contribution in [0.5, 0.6) is 0 Å². The van der Waals surface area contributed by atoms with Crippen LogP contribution < -0.4 is 5.32 Å². The smallest absolute Gasteiger partial charge is 0.306 e. The molecule has 108 valence electrons. The molecule has 0 heterocycles. The molecule has 2 saturated carbocycles. The van der Waals surface area contributed by atoms with Crippen LogP contribution in [0.1, 0.15) is 58.8 Å². The Hall–Kier alpha value is -1.06. The summed E-state index contributed by atoms with van der Waals surface area (Å²) in [4.78, 5) is 23.0. The molecule has 0 aliphatic heterocycles. The maximum atomic E-state index is 12.1. The molecule has 0 unspecified atom stereocenters. The number of carbonyl (C=O) groups excluding carboxylic acids is 1. The molecule has 0 bridgehead atoms. The fraction of sp³-hybridized carbons (Fsp3) is 0.867. The molecule has 0 spiro atoms. The average Bonchev–Trinajstić information content (AvgIpc) is 2.81. The Balaban J connectivity index is 1.78. The van der Waals surface area contributed by atoms with Gasteiger partial charge in [0.25, 0.3) is 0 Å². The highest BCUT2D eigenvalue weighted by atomic mass is 16.4. The van der Waals surface area contributed by atoms with Crippen molar-refractivity contribution in [2.24, 2.45) is 17.3 Å². The summed E-state index contributed by atoms with van der Waals surface area (Å²) in [6.07, 6.45) is 6.29. The number of amides is 1. The van der Waals surface area contributed by atoms with Crippen LogP contribution in [0.15, 0.2) is 0 Å². The predicted molar refractivity (Wildman–Crippen MR) is 72.6 cm³/mol. The van der Waals surface area contributed by atoms with Crippen molar-refractivity contribution in [1.29, 1.82) is 0 Å². The van der Waals surface area contributed by atoms with Crippen molar-refractivity contribution in [3.05, 3.63) is 0 Å². The molecular weight excluding hydrogens is 242 g/mol. The zero-order valence-electron chi connectivity index (χ0n) is 11.9. The van der Waals surface area contributed by atoms with Crippen molar-refractivity contribution in [3.63, 3.8) is 0 Å². The van der Waals surface area contributed by atoms with Crippen molar-refractivity contribution in [3.8, 4) is 0 Å². The fourth-order valence-corrected chi connectivity index (χ4v) is 3.31.